The zero-order valence-electron chi connectivity index (χ0n) is 19.3. The number of amides is 1. The van der Waals surface area contributed by atoms with Gasteiger partial charge in [0.05, 0.1) is 21.7 Å². The summed E-state index contributed by atoms with van der Waals surface area (Å²) < 4.78 is 29.2. The Morgan fingerprint density at radius 1 is 1.22 bits per heavy atom. The predicted molar refractivity (Wildman–Crippen MR) is 130 cm³/mol. The van der Waals surface area contributed by atoms with Crippen molar-refractivity contribution in [2.24, 2.45) is 0 Å². The molecule has 0 unspecified atom stereocenters. The van der Waals surface area contributed by atoms with Crippen LogP contribution in [0.3, 0.4) is 0 Å². The highest BCUT2D eigenvalue weighted by atomic mass is 32.2. The molecule has 2 aromatic rings. The van der Waals surface area contributed by atoms with Gasteiger partial charge in [-0.3, -0.25) is 4.79 Å². The van der Waals surface area contributed by atoms with Crippen LogP contribution in [0.1, 0.15) is 52.9 Å². The van der Waals surface area contributed by atoms with Gasteiger partial charge in [-0.2, -0.15) is 4.31 Å². The number of nitrogens with zero attached hydrogens (tertiary/aromatic N) is 3. The lowest BCUT2D eigenvalue weighted by Gasteiger charge is -2.18. The fraction of sp³-hybridized carbons (Fsp3) is 0.565. The van der Waals surface area contributed by atoms with E-state index in [1.54, 1.807) is 12.1 Å². The van der Waals surface area contributed by atoms with Gasteiger partial charge in [-0.15, -0.1) is 0 Å². The zero-order valence-corrected chi connectivity index (χ0v) is 20.9. The van der Waals surface area contributed by atoms with Crippen molar-refractivity contribution >= 4 is 38.7 Å². The summed E-state index contributed by atoms with van der Waals surface area (Å²) in [6, 6.07) is 5.09. The first kappa shape index (κ1) is 24.8. The van der Waals surface area contributed by atoms with Crippen LogP contribution in [0.4, 0.5) is 0 Å². The first-order chi connectivity index (χ1) is 15.4. The normalized spacial score (nSPS) is 14.7. The minimum absolute atomic E-state index is 0.00841. The van der Waals surface area contributed by atoms with Crippen molar-refractivity contribution in [1.29, 1.82) is 0 Å². The molecule has 0 spiro atoms. The quantitative estimate of drug-likeness (QED) is 0.387. The molecule has 0 bridgehead atoms. The van der Waals surface area contributed by atoms with E-state index in [1.165, 1.54) is 34.5 Å². The van der Waals surface area contributed by atoms with E-state index in [-0.39, 0.29) is 16.6 Å². The molecule has 0 radical (unpaired) electrons. The van der Waals surface area contributed by atoms with Crippen molar-refractivity contribution in [3.63, 3.8) is 0 Å². The van der Waals surface area contributed by atoms with Gasteiger partial charge >= 0.3 is 0 Å². The van der Waals surface area contributed by atoms with Gasteiger partial charge in [-0.25, -0.2) is 13.4 Å². The topological polar surface area (TPSA) is 84.3 Å². The Bertz CT molecular complexity index is 1070. The van der Waals surface area contributed by atoms with E-state index in [2.05, 4.69) is 16.4 Å². The summed E-state index contributed by atoms with van der Waals surface area (Å²) in [7, 11) is -3.54. The maximum absolute atomic E-state index is 12.9. The SMILES string of the molecule is CCN(CC)S(=O)(=O)c1ccc2c(c1)nc(SCC(=O)NCCC1=CCCCC1)n2CC. The van der Waals surface area contributed by atoms with Gasteiger partial charge in [0.25, 0.3) is 0 Å². The molecule has 176 valence electrons. The highest BCUT2D eigenvalue weighted by Crippen LogP contribution is 2.27. The Balaban J connectivity index is 1.67. The fourth-order valence-corrected chi connectivity index (χ4v) is 6.44. The van der Waals surface area contributed by atoms with E-state index in [9.17, 15) is 13.2 Å². The van der Waals surface area contributed by atoms with Crippen molar-refractivity contribution in [1.82, 2.24) is 19.2 Å². The van der Waals surface area contributed by atoms with Crippen LogP contribution in [-0.2, 0) is 21.4 Å². The molecule has 0 aliphatic heterocycles. The number of benzene rings is 1. The summed E-state index contributed by atoms with van der Waals surface area (Å²) in [6.45, 7) is 7.89. The van der Waals surface area contributed by atoms with E-state index in [1.807, 2.05) is 31.4 Å². The molecule has 1 aromatic carbocycles. The Labute approximate surface area is 195 Å². The summed E-state index contributed by atoms with van der Waals surface area (Å²) in [4.78, 5) is 17.2. The summed E-state index contributed by atoms with van der Waals surface area (Å²) in [5, 5.41) is 3.73. The predicted octanol–water partition coefficient (Wildman–Crippen LogP) is 4.19. The number of aryl methyl sites for hydroxylation is 1. The molecule has 9 heteroatoms. The zero-order chi connectivity index (χ0) is 23.1. The number of hydrogen-bond donors (Lipinski definition) is 1. The van der Waals surface area contributed by atoms with Crippen molar-refractivity contribution in [3.8, 4) is 0 Å². The Morgan fingerprint density at radius 3 is 2.66 bits per heavy atom. The van der Waals surface area contributed by atoms with Gasteiger partial charge in [0, 0.05) is 26.2 Å². The van der Waals surface area contributed by atoms with Crippen LogP contribution in [-0.4, -0.2) is 53.6 Å². The molecule has 32 heavy (non-hydrogen) atoms. The number of rotatable bonds is 11. The molecule has 1 aliphatic carbocycles. The van der Waals surface area contributed by atoms with Crippen molar-refractivity contribution in [3.05, 3.63) is 29.8 Å². The summed E-state index contributed by atoms with van der Waals surface area (Å²) in [5.74, 6) is 0.276. The number of hydrogen-bond acceptors (Lipinski definition) is 5. The molecule has 3 rings (SSSR count). The lowest BCUT2D eigenvalue weighted by atomic mass is 9.97. The summed E-state index contributed by atoms with van der Waals surface area (Å²) in [5.41, 5.74) is 2.96. The highest BCUT2D eigenvalue weighted by molar-refractivity contribution is 7.99. The number of sulfonamides is 1. The molecule has 1 aliphatic rings. The van der Waals surface area contributed by atoms with Gasteiger partial charge in [0.15, 0.2) is 5.16 Å². The molecular formula is C23H34N4O3S2. The molecule has 1 heterocycles. The van der Waals surface area contributed by atoms with E-state index in [0.29, 0.717) is 31.7 Å². The number of imidazole rings is 1. The number of carbonyl (C=O) groups excluding carboxylic acids is 1. The maximum Gasteiger partial charge on any atom is 0.243 e. The number of thioether (sulfide) groups is 1. The molecule has 0 atom stereocenters. The molecule has 0 saturated heterocycles. The van der Waals surface area contributed by atoms with Crippen LogP contribution in [0, 0.1) is 0 Å². The third-order valence-electron chi connectivity index (χ3n) is 5.83. The molecule has 0 saturated carbocycles. The van der Waals surface area contributed by atoms with E-state index in [4.69, 9.17) is 0 Å². The maximum atomic E-state index is 12.9. The number of nitrogens with one attached hydrogen (secondary N) is 1. The van der Waals surface area contributed by atoms with Crippen LogP contribution in [0.5, 0.6) is 0 Å². The van der Waals surface area contributed by atoms with Gasteiger partial charge < -0.3 is 9.88 Å². The van der Waals surface area contributed by atoms with Gasteiger partial charge in [-0.05, 0) is 57.2 Å². The molecule has 1 aromatic heterocycles. The molecule has 1 N–H and O–H groups in total. The van der Waals surface area contributed by atoms with E-state index >= 15 is 0 Å². The second-order valence-corrected chi connectivity index (χ2v) is 10.8. The molecule has 1 amide bonds. The molecular weight excluding hydrogens is 444 g/mol. The van der Waals surface area contributed by atoms with Crippen LogP contribution in [0.2, 0.25) is 0 Å². The third-order valence-corrected chi connectivity index (χ3v) is 8.85. The van der Waals surface area contributed by atoms with Crippen molar-refractivity contribution in [2.75, 3.05) is 25.4 Å². The van der Waals surface area contributed by atoms with Crippen molar-refractivity contribution in [2.45, 2.75) is 69.5 Å². The second kappa shape index (κ2) is 11.3. The minimum atomic E-state index is -3.54. The van der Waals surface area contributed by atoms with Crippen LogP contribution < -0.4 is 5.32 Å². The van der Waals surface area contributed by atoms with Crippen LogP contribution in [0.15, 0.2) is 39.9 Å². The largest absolute Gasteiger partial charge is 0.355 e. The number of fused-ring (bicyclic) bond motifs is 1. The minimum Gasteiger partial charge on any atom is -0.355 e. The van der Waals surface area contributed by atoms with Gasteiger partial charge in [0.1, 0.15) is 0 Å². The summed E-state index contributed by atoms with van der Waals surface area (Å²) in [6.07, 6.45) is 8.06. The van der Waals surface area contributed by atoms with Crippen molar-refractivity contribution < 1.29 is 13.2 Å². The smallest absolute Gasteiger partial charge is 0.243 e. The Hall–Kier alpha value is -1.84. The van der Waals surface area contributed by atoms with Crippen LogP contribution in [0.25, 0.3) is 11.0 Å². The average Bonchev–Trinajstić information content (AvgIpc) is 3.15. The highest BCUT2D eigenvalue weighted by Gasteiger charge is 2.23. The monoisotopic (exact) mass is 478 g/mol. The van der Waals surface area contributed by atoms with E-state index < -0.39 is 10.0 Å². The van der Waals surface area contributed by atoms with Gasteiger partial charge in [0.2, 0.25) is 15.9 Å². The number of aromatic nitrogens is 2. The lowest BCUT2D eigenvalue weighted by Crippen LogP contribution is -2.30. The summed E-state index contributed by atoms with van der Waals surface area (Å²) >= 11 is 1.39. The lowest BCUT2D eigenvalue weighted by molar-refractivity contribution is -0.118. The number of allylic oxidation sites excluding steroid dienone is 1. The molecule has 0 fully saturated rings. The van der Waals surface area contributed by atoms with Gasteiger partial charge in [-0.1, -0.05) is 37.3 Å². The van der Waals surface area contributed by atoms with Crippen LogP contribution >= 0.6 is 11.8 Å². The van der Waals surface area contributed by atoms with E-state index in [0.717, 1.165) is 29.9 Å². The fourth-order valence-electron chi connectivity index (χ4n) is 4.05. The average molecular weight is 479 g/mol. The first-order valence-corrected chi connectivity index (χ1v) is 13.9. The molecule has 7 nitrogen and oxygen atoms in total. The Morgan fingerprint density at radius 2 is 2.00 bits per heavy atom. The standard InChI is InChI=1S/C23H34N4O3S2/c1-4-26(5-2)32(29,30)19-12-13-21-20(16-19)25-23(27(21)6-3)31-17-22(28)24-15-14-18-10-8-7-9-11-18/h10,12-13,16H,4-9,11,14-15,17H2,1-3H3,(H,24,28). The third kappa shape index (κ3) is 5.74. The first-order valence-electron chi connectivity index (χ1n) is 11.5. The number of carbonyl (C=O) groups is 1. The second-order valence-electron chi connectivity index (χ2n) is 7.88. The Kier molecular flexibility index (Phi) is 8.79.